The van der Waals surface area contributed by atoms with E-state index < -0.39 is 16.4 Å². The predicted molar refractivity (Wildman–Crippen MR) is 111 cm³/mol. The second-order valence-corrected chi connectivity index (χ2v) is 10.6. The third-order valence-corrected chi connectivity index (χ3v) is 6.44. The van der Waals surface area contributed by atoms with Crippen LogP contribution in [0.5, 0.6) is 0 Å². The van der Waals surface area contributed by atoms with E-state index in [0.717, 1.165) is 15.6 Å². The van der Waals surface area contributed by atoms with Crippen LogP contribution in [-0.2, 0) is 4.18 Å². The SMILES string of the molecule is CCCCS(C)(C)OC.OC(c1ccccc1)c1ccc(Br)cc1. The van der Waals surface area contributed by atoms with Crippen molar-refractivity contribution in [2.45, 2.75) is 25.9 Å². The van der Waals surface area contributed by atoms with Crippen LogP contribution in [0.2, 0.25) is 0 Å². The Kier molecular flexibility index (Phi) is 9.67. The molecule has 1 N–H and O–H groups in total. The standard InChI is InChI=1S/C13H11BrO.C7H18OS/c14-12-8-6-11(7-9-12)13(15)10-4-2-1-3-5-10;1-5-6-7-9(3,4)8-2/h1-9,13,15H;5-7H2,1-4H3. The van der Waals surface area contributed by atoms with Gasteiger partial charge in [0, 0.05) is 11.6 Å². The number of hydrogen-bond donors (Lipinski definition) is 1. The number of rotatable bonds is 6. The molecule has 24 heavy (non-hydrogen) atoms. The van der Waals surface area contributed by atoms with Crippen LogP contribution in [0.15, 0.2) is 59.1 Å². The van der Waals surface area contributed by atoms with Gasteiger partial charge in [-0.15, -0.1) is 10.3 Å². The number of unbranched alkanes of at least 4 members (excludes halogenated alkanes) is 1. The average molecular weight is 413 g/mol. The lowest BCUT2D eigenvalue weighted by Crippen LogP contribution is -2.02. The zero-order chi connectivity index (χ0) is 18.0. The number of aliphatic hydroxyl groups excluding tert-OH is 1. The molecular weight excluding hydrogens is 384 g/mol. The first-order valence-electron chi connectivity index (χ1n) is 8.14. The Morgan fingerprint density at radius 3 is 2.04 bits per heavy atom. The van der Waals surface area contributed by atoms with E-state index in [2.05, 4.69) is 35.4 Å². The molecule has 0 saturated carbocycles. The fourth-order valence-corrected chi connectivity index (χ4v) is 3.46. The zero-order valence-electron chi connectivity index (χ0n) is 15.0. The zero-order valence-corrected chi connectivity index (χ0v) is 17.4. The molecule has 0 aliphatic carbocycles. The lowest BCUT2D eigenvalue weighted by Gasteiger charge is -2.28. The van der Waals surface area contributed by atoms with E-state index in [1.165, 1.54) is 18.6 Å². The van der Waals surface area contributed by atoms with E-state index in [-0.39, 0.29) is 0 Å². The van der Waals surface area contributed by atoms with Crippen molar-refractivity contribution in [2.75, 3.05) is 25.4 Å². The van der Waals surface area contributed by atoms with Crippen molar-refractivity contribution in [3.05, 3.63) is 70.2 Å². The van der Waals surface area contributed by atoms with Gasteiger partial charge in [0.05, 0.1) is 0 Å². The summed E-state index contributed by atoms with van der Waals surface area (Å²) < 4.78 is 6.34. The van der Waals surface area contributed by atoms with Gasteiger partial charge in [-0.1, -0.05) is 71.7 Å². The maximum Gasteiger partial charge on any atom is 0.104 e. The Labute approximate surface area is 156 Å². The third-order valence-electron chi connectivity index (χ3n) is 3.74. The van der Waals surface area contributed by atoms with Crippen molar-refractivity contribution in [3.8, 4) is 0 Å². The minimum Gasteiger partial charge on any atom is -0.384 e. The molecule has 0 heterocycles. The Morgan fingerprint density at radius 2 is 1.54 bits per heavy atom. The van der Waals surface area contributed by atoms with E-state index in [9.17, 15) is 5.11 Å². The smallest absolute Gasteiger partial charge is 0.104 e. The molecule has 0 radical (unpaired) electrons. The van der Waals surface area contributed by atoms with Gasteiger partial charge in [-0.25, -0.2) is 0 Å². The number of benzene rings is 2. The van der Waals surface area contributed by atoms with Gasteiger partial charge in [0.15, 0.2) is 0 Å². The monoisotopic (exact) mass is 412 g/mol. The Bertz CT molecular complexity index is 570. The fourth-order valence-electron chi connectivity index (χ4n) is 2.05. The summed E-state index contributed by atoms with van der Waals surface area (Å²) in [4.78, 5) is 0. The summed E-state index contributed by atoms with van der Waals surface area (Å²) in [5.74, 6) is 1.25. The highest BCUT2D eigenvalue weighted by Crippen LogP contribution is 2.40. The van der Waals surface area contributed by atoms with Crippen molar-refractivity contribution in [1.29, 1.82) is 0 Å². The van der Waals surface area contributed by atoms with Crippen LogP contribution in [0, 0.1) is 0 Å². The highest BCUT2D eigenvalue weighted by molar-refractivity contribution is 9.10. The van der Waals surface area contributed by atoms with Gasteiger partial charge >= 0.3 is 0 Å². The topological polar surface area (TPSA) is 29.5 Å². The second kappa shape index (κ2) is 10.9. The van der Waals surface area contributed by atoms with Crippen molar-refractivity contribution >= 4 is 26.2 Å². The van der Waals surface area contributed by atoms with Gasteiger partial charge in [0.25, 0.3) is 0 Å². The molecule has 0 aliphatic rings. The van der Waals surface area contributed by atoms with Gasteiger partial charge in [0.2, 0.25) is 0 Å². The maximum absolute atomic E-state index is 10.1. The molecule has 0 aliphatic heterocycles. The highest BCUT2D eigenvalue weighted by atomic mass is 79.9. The van der Waals surface area contributed by atoms with E-state index >= 15 is 0 Å². The van der Waals surface area contributed by atoms with E-state index in [1.54, 1.807) is 0 Å². The highest BCUT2D eigenvalue weighted by Gasteiger charge is 2.09. The molecular formula is C20H29BrO2S. The summed E-state index contributed by atoms with van der Waals surface area (Å²) in [6, 6.07) is 17.3. The Morgan fingerprint density at radius 1 is 1.00 bits per heavy atom. The van der Waals surface area contributed by atoms with Gasteiger partial charge in [-0.3, -0.25) is 0 Å². The minimum absolute atomic E-state index is 0.542. The summed E-state index contributed by atoms with van der Waals surface area (Å²) in [7, 11) is 1.13. The predicted octanol–water partition coefficient (Wildman–Crippen LogP) is 5.94. The Balaban J connectivity index is 0.000000277. The second-order valence-electron chi connectivity index (χ2n) is 6.03. The summed E-state index contributed by atoms with van der Waals surface area (Å²) in [6.45, 7) is 2.21. The fraction of sp³-hybridized carbons (Fsp3) is 0.400. The number of halogens is 1. The molecule has 0 amide bonds. The summed E-state index contributed by atoms with van der Waals surface area (Å²) in [5, 5.41) is 10.1. The normalized spacial score (nSPS) is 12.9. The van der Waals surface area contributed by atoms with Gasteiger partial charge in [-0.05, 0) is 47.9 Å². The largest absolute Gasteiger partial charge is 0.384 e. The van der Waals surface area contributed by atoms with E-state index in [1.807, 2.05) is 61.7 Å². The molecule has 0 saturated heterocycles. The quantitative estimate of drug-likeness (QED) is 0.635. The molecule has 2 rings (SSSR count). The molecule has 0 fully saturated rings. The third kappa shape index (κ3) is 7.84. The molecule has 0 bridgehead atoms. The molecule has 4 heteroatoms. The summed E-state index contributed by atoms with van der Waals surface area (Å²) >= 11 is 3.37. The molecule has 2 nitrogen and oxygen atoms in total. The molecule has 1 unspecified atom stereocenters. The molecule has 0 spiro atoms. The molecule has 2 aromatic carbocycles. The van der Waals surface area contributed by atoms with Crippen LogP contribution in [0.25, 0.3) is 0 Å². The molecule has 134 valence electrons. The molecule has 1 atom stereocenters. The van der Waals surface area contributed by atoms with Gasteiger partial charge in [0.1, 0.15) is 6.10 Å². The molecule has 2 aromatic rings. The minimum atomic E-state index is -0.682. The van der Waals surface area contributed by atoms with Crippen LogP contribution in [0.3, 0.4) is 0 Å². The van der Waals surface area contributed by atoms with Crippen molar-refractivity contribution < 1.29 is 9.29 Å². The first-order chi connectivity index (χ1) is 11.4. The van der Waals surface area contributed by atoms with Crippen LogP contribution < -0.4 is 0 Å². The first-order valence-corrected chi connectivity index (χ1v) is 11.5. The maximum atomic E-state index is 10.1. The Hall–Kier alpha value is -0.810. The number of aliphatic hydroxyl groups is 1. The van der Waals surface area contributed by atoms with Crippen molar-refractivity contribution in [3.63, 3.8) is 0 Å². The van der Waals surface area contributed by atoms with Crippen LogP contribution >= 0.6 is 26.2 Å². The lowest BCUT2D eigenvalue weighted by molar-refractivity contribution is 0.220. The summed E-state index contributed by atoms with van der Waals surface area (Å²) in [6.07, 6.45) is 6.46. The van der Waals surface area contributed by atoms with E-state index in [4.69, 9.17) is 4.18 Å². The lowest BCUT2D eigenvalue weighted by atomic mass is 10.0. The van der Waals surface area contributed by atoms with Crippen LogP contribution in [0.4, 0.5) is 0 Å². The van der Waals surface area contributed by atoms with Crippen molar-refractivity contribution in [2.24, 2.45) is 0 Å². The average Bonchev–Trinajstić information content (AvgIpc) is 2.61. The van der Waals surface area contributed by atoms with Crippen molar-refractivity contribution in [1.82, 2.24) is 0 Å². The van der Waals surface area contributed by atoms with Gasteiger partial charge < -0.3 is 9.29 Å². The summed E-state index contributed by atoms with van der Waals surface area (Å²) in [5.41, 5.74) is 1.82. The van der Waals surface area contributed by atoms with Gasteiger partial charge in [-0.2, -0.15) is 0 Å². The molecule has 0 aromatic heterocycles. The van der Waals surface area contributed by atoms with E-state index in [0.29, 0.717) is 0 Å². The van der Waals surface area contributed by atoms with Crippen LogP contribution in [0.1, 0.15) is 37.0 Å². The van der Waals surface area contributed by atoms with Crippen LogP contribution in [-0.4, -0.2) is 30.5 Å². The first kappa shape index (κ1) is 21.2. The number of hydrogen-bond acceptors (Lipinski definition) is 2.